The molecule has 0 spiro atoms. The summed E-state index contributed by atoms with van der Waals surface area (Å²) >= 11 is 0. The van der Waals surface area contributed by atoms with E-state index in [4.69, 9.17) is 0 Å². The molecule has 1 aliphatic heterocycles. The minimum Gasteiger partial charge on any atom is -0.323 e. The van der Waals surface area contributed by atoms with E-state index in [1.54, 1.807) is 0 Å². The standard InChI is InChI=1S/C16H30N2O/c1-4-14(13-8-6-5-7-9-13)18-15(10-12(2)3)17-11-16(18)19/h12-15,17H,4-11H2,1-3H3. The lowest BCUT2D eigenvalue weighted by Crippen LogP contribution is -2.48. The maximum Gasteiger partial charge on any atom is 0.238 e. The van der Waals surface area contributed by atoms with E-state index in [9.17, 15) is 4.79 Å². The normalized spacial score (nSPS) is 27.3. The number of hydrogen-bond donors (Lipinski definition) is 1. The van der Waals surface area contributed by atoms with Gasteiger partial charge in [-0.05, 0) is 37.5 Å². The van der Waals surface area contributed by atoms with Gasteiger partial charge in [0.1, 0.15) is 0 Å². The first kappa shape index (κ1) is 14.8. The van der Waals surface area contributed by atoms with Crippen molar-refractivity contribution in [3.8, 4) is 0 Å². The lowest BCUT2D eigenvalue weighted by atomic mass is 9.82. The zero-order valence-electron chi connectivity index (χ0n) is 12.8. The summed E-state index contributed by atoms with van der Waals surface area (Å²) in [6.45, 7) is 7.27. The van der Waals surface area contributed by atoms with Gasteiger partial charge in [0.25, 0.3) is 0 Å². The summed E-state index contributed by atoms with van der Waals surface area (Å²) in [6, 6.07) is 0.464. The highest BCUT2D eigenvalue weighted by molar-refractivity contribution is 5.81. The van der Waals surface area contributed by atoms with Crippen molar-refractivity contribution >= 4 is 5.91 Å². The molecule has 3 heteroatoms. The lowest BCUT2D eigenvalue weighted by Gasteiger charge is -2.39. The maximum absolute atomic E-state index is 12.3. The van der Waals surface area contributed by atoms with E-state index in [0.29, 0.717) is 24.4 Å². The van der Waals surface area contributed by atoms with Crippen molar-refractivity contribution in [2.24, 2.45) is 11.8 Å². The fourth-order valence-electron chi connectivity index (χ4n) is 3.90. The topological polar surface area (TPSA) is 32.3 Å². The Balaban J connectivity index is 2.07. The van der Waals surface area contributed by atoms with Crippen LogP contribution >= 0.6 is 0 Å². The Hall–Kier alpha value is -0.570. The van der Waals surface area contributed by atoms with E-state index in [1.165, 1.54) is 32.1 Å². The average molecular weight is 266 g/mol. The van der Waals surface area contributed by atoms with E-state index in [-0.39, 0.29) is 6.17 Å². The van der Waals surface area contributed by atoms with Gasteiger partial charge in [-0.25, -0.2) is 0 Å². The van der Waals surface area contributed by atoms with Crippen LogP contribution in [0.3, 0.4) is 0 Å². The van der Waals surface area contributed by atoms with Crippen LogP contribution in [0.5, 0.6) is 0 Å². The molecular weight excluding hydrogens is 236 g/mol. The second-order valence-corrected chi connectivity index (χ2v) is 6.70. The van der Waals surface area contributed by atoms with Crippen LogP contribution in [-0.4, -0.2) is 29.6 Å². The summed E-state index contributed by atoms with van der Waals surface area (Å²) in [6.07, 6.45) is 9.18. The first-order chi connectivity index (χ1) is 9.13. The van der Waals surface area contributed by atoms with E-state index >= 15 is 0 Å². The van der Waals surface area contributed by atoms with Gasteiger partial charge in [-0.1, -0.05) is 40.0 Å². The Morgan fingerprint density at radius 1 is 1.26 bits per heavy atom. The Kier molecular flexibility index (Phi) is 5.26. The van der Waals surface area contributed by atoms with Crippen molar-refractivity contribution in [2.75, 3.05) is 6.54 Å². The van der Waals surface area contributed by atoms with Gasteiger partial charge in [0.2, 0.25) is 5.91 Å². The number of carbonyl (C=O) groups excluding carboxylic acids is 1. The van der Waals surface area contributed by atoms with E-state index in [1.807, 2.05) is 0 Å². The molecule has 2 unspecified atom stereocenters. The summed E-state index contributed by atoms with van der Waals surface area (Å²) in [4.78, 5) is 14.5. The summed E-state index contributed by atoms with van der Waals surface area (Å²) in [7, 11) is 0. The summed E-state index contributed by atoms with van der Waals surface area (Å²) in [5.41, 5.74) is 0. The maximum atomic E-state index is 12.3. The molecule has 1 heterocycles. The van der Waals surface area contributed by atoms with Gasteiger partial charge in [0.15, 0.2) is 0 Å². The first-order valence-corrected chi connectivity index (χ1v) is 8.18. The predicted octanol–water partition coefficient (Wildman–Crippen LogP) is 3.15. The summed E-state index contributed by atoms with van der Waals surface area (Å²) in [5.74, 6) is 1.69. The van der Waals surface area contributed by atoms with Gasteiger partial charge in [0, 0.05) is 6.04 Å². The molecule has 2 rings (SSSR count). The molecule has 1 N–H and O–H groups in total. The summed E-state index contributed by atoms with van der Waals surface area (Å²) < 4.78 is 0. The van der Waals surface area contributed by atoms with Crippen LogP contribution in [0, 0.1) is 11.8 Å². The van der Waals surface area contributed by atoms with Crippen molar-refractivity contribution < 1.29 is 4.79 Å². The smallest absolute Gasteiger partial charge is 0.238 e. The fraction of sp³-hybridized carbons (Fsp3) is 0.938. The molecule has 2 fully saturated rings. The van der Waals surface area contributed by atoms with Gasteiger partial charge in [-0.15, -0.1) is 0 Å². The minimum absolute atomic E-state index is 0.277. The summed E-state index contributed by atoms with van der Waals surface area (Å²) in [5, 5.41) is 3.42. The van der Waals surface area contributed by atoms with Crippen LogP contribution in [0.4, 0.5) is 0 Å². The Bertz CT molecular complexity index is 297. The Labute approximate surface area is 118 Å². The molecule has 19 heavy (non-hydrogen) atoms. The molecule has 2 atom stereocenters. The van der Waals surface area contributed by atoms with E-state index in [2.05, 4.69) is 31.0 Å². The lowest BCUT2D eigenvalue weighted by molar-refractivity contribution is -0.132. The Morgan fingerprint density at radius 2 is 1.95 bits per heavy atom. The zero-order valence-corrected chi connectivity index (χ0v) is 12.8. The molecule has 0 bridgehead atoms. The Morgan fingerprint density at radius 3 is 2.53 bits per heavy atom. The van der Waals surface area contributed by atoms with E-state index < -0.39 is 0 Å². The van der Waals surface area contributed by atoms with Gasteiger partial charge < -0.3 is 4.90 Å². The third-order valence-corrected chi connectivity index (χ3v) is 4.78. The number of carbonyl (C=O) groups is 1. The van der Waals surface area contributed by atoms with Gasteiger partial charge >= 0.3 is 0 Å². The van der Waals surface area contributed by atoms with Crippen molar-refractivity contribution in [3.05, 3.63) is 0 Å². The molecule has 1 saturated carbocycles. The zero-order chi connectivity index (χ0) is 13.8. The molecule has 0 radical (unpaired) electrons. The SMILES string of the molecule is CCC(C1CCCCC1)N1C(=O)CNC1CC(C)C. The van der Waals surface area contributed by atoms with Crippen LogP contribution < -0.4 is 5.32 Å². The molecule has 2 aliphatic rings. The highest BCUT2D eigenvalue weighted by Crippen LogP contribution is 2.33. The van der Waals surface area contributed by atoms with Crippen molar-refractivity contribution in [1.82, 2.24) is 10.2 Å². The van der Waals surface area contributed by atoms with Crippen LogP contribution in [0.1, 0.15) is 65.7 Å². The molecule has 1 saturated heterocycles. The number of hydrogen-bond acceptors (Lipinski definition) is 2. The molecule has 1 aliphatic carbocycles. The van der Waals surface area contributed by atoms with Crippen LogP contribution in [0.2, 0.25) is 0 Å². The third kappa shape index (κ3) is 3.50. The second-order valence-electron chi connectivity index (χ2n) is 6.70. The second kappa shape index (κ2) is 6.74. The van der Waals surface area contributed by atoms with Crippen molar-refractivity contribution in [2.45, 2.75) is 77.9 Å². The highest BCUT2D eigenvalue weighted by Gasteiger charge is 2.38. The number of nitrogens with zero attached hydrogens (tertiary/aromatic N) is 1. The van der Waals surface area contributed by atoms with Crippen molar-refractivity contribution in [3.63, 3.8) is 0 Å². The highest BCUT2D eigenvalue weighted by atomic mass is 16.2. The van der Waals surface area contributed by atoms with Crippen LogP contribution in [-0.2, 0) is 4.79 Å². The van der Waals surface area contributed by atoms with Gasteiger partial charge in [-0.3, -0.25) is 10.1 Å². The van der Waals surface area contributed by atoms with Crippen LogP contribution in [0.15, 0.2) is 0 Å². The number of amides is 1. The van der Waals surface area contributed by atoms with Crippen molar-refractivity contribution in [1.29, 1.82) is 0 Å². The van der Waals surface area contributed by atoms with E-state index in [0.717, 1.165) is 18.8 Å². The quantitative estimate of drug-likeness (QED) is 0.829. The monoisotopic (exact) mass is 266 g/mol. The molecule has 110 valence electrons. The van der Waals surface area contributed by atoms with Gasteiger partial charge in [0.05, 0.1) is 12.7 Å². The molecule has 0 aromatic heterocycles. The molecule has 0 aromatic carbocycles. The predicted molar refractivity (Wildman–Crippen MR) is 78.7 cm³/mol. The molecule has 3 nitrogen and oxygen atoms in total. The largest absolute Gasteiger partial charge is 0.323 e. The van der Waals surface area contributed by atoms with Gasteiger partial charge in [-0.2, -0.15) is 0 Å². The third-order valence-electron chi connectivity index (χ3n) is 4.78. The average Bonchev–Trinajstić information content (AvgIpc) is 2.73. The molecule has 0 aromatic rings. The fourth-order valence-corrected chi connectivity index (χ4v) is 3.90. The minimum atomic E-state index is 0.277. The number of nitrogens with one attached hydrogen (secondary N) is 1. The van der Waals surface area contributed by atoms with Crippen LogP contribution in [0.25, 0.3) is 0 Å². The molecule has 1 amide bonds. The molecular formula is C16H30N2O. The number of rotatable bonds is 5. The first-order valence-electron chi connectivity index (χ1n) is 8.18.